The maximum atomic E-state index is 13.6. The van der Waals surface area contributed by atoms with Crippen LogP contribution in [0.3, 0.4) is 0 Å². The minimum Gasteiger partial charge on any atom is -0.494 e. The van der Waals surface area contributed by atoms with Crippen molar-refractivity contribution < 1.29 is 36.9 Å². The first-order chi connectivity index (χ1) is 20.2. The third-order valence-electron chi connectivity index (χ3n) is 7.09. The van der Waals surface area contributed by atoms with Gasteiger partial charge in [0.1, 0.15) is 11.5 Å². The van der Waals surface area contributed by atoms with Crippen molar-refractivity contribution in [3.05, 3.63) is 101 Å². The van der Waals surface area contributed by atoms with Crippen LogP contribution in [-0.4, -0.2) is 36.2 Å². The van der Waals surface area contributed by atoms with Crippen molar-refractivity contribution in [1.82, 2.24) is 5.32 Å². The average Bonchev–Trinajstić information content (AvgIpc) is 3.22. The van der Waals surface area contributed by atoms with E-state index >= 15 is 0 Å². The first kappa shape index (κ1) is 31.1. The highest BCUT2D eigenvalue weighted by atomic mass is 19.3. The van der Waals surface area contributed by atoms with E-state index in [1.165, 1.54) is 12.1 Å². The predicted octanol–water partition coefficient (Wildman–Crippen LogP) is 7.53. The Kier molecular flexibility index (Phi) is 10.6. The minimum absolute atomic E-state index is 0.00394. The molecule has 0 saturated carbocycles. The number of nitrogens with one attached hydrogen (secondary N) is 1. The average molecular weight is 586 g/mol. The number of fused-ring (bicyclic) bond motifs is 1. The van der Waals surface area contributed by atoms with Crippen molar-refractivity contribution in [3.63, 3.8) is 0 Å². The molecule has 2 unspecified atom stereocenters. The molecule has 1 amide bonds. The number of carbonyl (C=O) groups excluding carboxylic acids is 1. The highest BCUT2D eigenvalue weighted by Crippen LogP contribution is 2.30. The molecule has 3 aromatic carbocycles. The SMILES string of the molecule is CCCCOc1ccc(C(O)C(Cc2cccc(OC(F)(F)C(F)F)c2)NC(=O)c2cccc3c2C=CCCC3)cc1. The number of alkyl halides is 4. The number of aliphatic hydroxyl groups is 1. The molecule has 4 rings (SSSR count). The van der Waals surface area contributed by atoms with E-state index in [1.807, 2.05) is 24.3 Å². The molecule has 5 nitrogen and oxygen atoms in total. The number of amides is 1. The monoisotopic (exact) mass is 585 g/mol. The molecule has 9 heteroatoms. The van der Waals surface area contributed by atoms with Crippen molar-refractivity contribution in [2.45, 2.75) is 70.1 Å². The number of aliphatic hydroxyl groups excluding tert-OH is 1. The molecule has 3 aromatic rings. The fourth-order valence-corrected chi connectivity index (χ4v) is 4.84. The quantitative estimate of drug-likeness (QED) is 0.161. The van der Waals surface area contributed by atoms with Gasteiger partial charge in [-0.05, 0) is 84.7 Å². The van der Waals surface area contributed by atoms with Gasteiger partial charge in [0.15, 0.2) is 0 Å². The zero-order valence-corrected chi connectivity index (χ0v) is 23.4. The van der Waals surface area contributed by atoms with Gasteiger partial charge in [0, 0.05) is 5.56 Å². The Hall–Kier alpha value is -3.85. The summed E-state index contributed by atoms with van der Waals surface area (Å²) in [5, 5.41) is 14.4. The Bertz CT molecular complexity index is 1360. The van der Waals surface area contributed by atoms with Crippen molar-refractivity contribution in [2.24, 2.45) is 0 Å². The van der Waals surface area contributed by atoms with Crippen molar-refractivity contribution in [3.8, 4) is 11.5 Å². The van der Waals surface area contributed by atoms with E-state index < -0.39 is 36.3 Å². The molecule has 0 aromatic heterocycles. The molecule has 0 heterocycles. The van der Waals surface area contributed by atoms with E-state index in [1.54, 1.807) is 36.4 Å². The lowest BCUT2D eigenvalue weighted by Gasteiger charge is -2.26. The largest absolute Gasteiger partial charge is 0.494 e. The van der Waals surface area contributed by atoms with Gasteiger partial charge < -0.3 is 19.9 Å². The second-order valence-electron chi connectivity index (χ2n) is 10.3. The molecule has 0 radical (unpaired) electrons. The van der Waals surface area contributed by atoms with Gasteiger partial charge in [-0.2, -0.15) is 17.6 Å². The molecule has 2 atom stereocenters. The number of rotatable bonds is 13. The van der Waals surface area contributed by atoms with Gasteiger partial charge in [-0.3, -0.25) is 4.79 Å². The number of unbranched alkanes of at least 4 members (excludes halogenated alkanes) is 1. The van der Waals surface area contributed by atoms with Crippen LogP contribution in [0.1, 0.15) is 71.3 Å². The van der Waals surface area contributed by atoms with Crippen LogP contribution in [0.4, 0.5) is 17.6 Å². The third kappa shape index (κ3) is 8.12. The molecule has 1 aliphatic rings. The molecule has 0 aliphatic heterocycles. The molecule has 0 saturated heterocycles. The van der Waals surface area contributed by atoms with Gasteiger partial charge in [0.25, 0.3) is 5.91 Å². The molecule has 0 fully saturated rings. The Morgan fingerprint density at radius 2 is 1.81 bits per heavy atom. The van der Waals surface area contributed by atoms with Crippen LogP contribution in [0.15, 0.2) is 72.8 Å². The molecule has 224 valence electrons. The fourth-order valence-electron chi connectivity index (χ4n) is 4.84. The summed E-state index contributed by atoms with van der Waals surface area (Å²) in [7, 11) is 0. The summed E-state index contributed by atoms with van der Waals surface area (Å²) >= 11 is 0. The van der Waals surface area contributed by atoms with E-state index in [-0.39, 0.29) is 6.42 Å². The van der Waals surface area contributed by atoms with E-state index in [0.29, 0.717) is 29.0 Å². The molecule has 42 heavy (non-hydrogen) atoms. The van der Waals surface area contributed by atoms with Gasteiger partial charge in [-0.15, -0.1) is 0 Å². The van der Waals surface area contributed by atoms with E-state index in [0.717, 1.165) is 49.3 Å². The van der Waals surface area contributed by atoms with Gasteiger partial charge >= 0.3 is 12.5 Å². The zero-order chi connectivity index (χ0) is 30.1. The lowest BCUT2D eigenvalue weighted by Crippen LogP contribution is -2.41. The number of benzene rings is 3. The van der Waals surface area contributed by atoms with Gasteiger partial charge in [-0.25, -0.2) is 0 Å². The summed E-state index contributed by atoms with van der Waals surface area (Å²) < 4.78 is 62.5. The Morgan fingerprint density at radius 3 is 2.55 bits per heavy atom. The summed E-state index contributed by atoms with van der Waals surface area (Å²) in [6, 6.07) is 16.8. The summed E-state index contributed by atoms with van der Waals surface area (Å²) in [4.78, 5) is 13.6. The molecule has 1 aliphatic carbocycles. The van der Waals surface area contributed by atoms with Crippen LogP contribution >= 0.6 is 0 Å². The Morgan fingerprint density at radius 1 is 1.05 bits per heavy atom. The normalized spacial score (nSPS) is 14.5. The number of allylic oxidation sites excluding steroid dienone is 1. The lowest BCUT2D eigenvalue weighted by molar-refractivity contribution is -0.253. The smallest absolute Gasteiger partial charge is 0.461 e. The van der Waals surface area contributed by atoms with Crippen LogP contribution in [-0.2, 0) is 12.8 Å². The van der Waals surface area contributed by atoms with Crippen molar-refractivity contribution >= 4 is 12.0 Å². The Labute approximate surface area is 243 Å². The zero-order valence-electron chi connectivity index (χ0n) is 23.4. The maximum Gasteiger partial charge on any atom is 0.461 e. The summed E-state index contributed by atoms with van der Waals surface area (Å²) in [6.45, 7) is 2.63. The van der Waals surface area contributed by atoms with E-state index in [2.05, 4.69) is 17.0 Å². The number of ether oxygens (including phenoxy) is 2. The molecule has 0 spiro atoms. The topological polar surface area (TPSA) is 67.8 Å². The predicted molar refractivity (Wildman–Crippen MR) is 153 cm³/mol. The van der Waals surface area contributed by atoms with Crippen LogP contribution < -0.4 is 14.8 Å². The first-order valence-corrected chi connectivity index (χ1v) is 14.1. The van der Waals surface area contributed by atoms with Crippen molar-refractivity contribution in [2.75, 3.05) is 6.61 Å². The van der Waals surface area contributed by atoms with Gasteiger partial charge in [0.2, 0.25) is 0 Å². The minimum atomic E-state index is -4.66. The second kappa shape index (κ2) is 14.4. The number of hydrogen-bond acceptors (Lipinski definition) is 4. The number of hydrogen-bond donors (Lipinski definition) is 2. The highest BCUT2D eigenvalue weighted by molar-refractivity contribution is 5.98. The molecular weight excluding hydrogens is 550 g/mol. The van der Waals surface area contributed by atoms with Gasteiger partial charge in [-0.1, -0.05) is 61.9 Å². The maximum absolute atomic E-state index is 13.6. The summed E-state index contributed by atoms with van der Waals surface area (Å²) in [5.41, 5.74) is 3.23. The van der Waals surface area contributed by atoms with Crippen molar-refractivity contribution in [1.29, 1.82) is 0 Å². The summed E-state index contributed by atoms with van der Waals surface area (Å²) in [5.74, 6) is -0.216. The fraction of sp³-hybridized carbons (Fsp3) is 0.364. The summed E-state index contributed by atoms with van der Waals surface area (Å²) in [6.07, 6.45) is -1.29. The van der Waals surface area contributed by atoms with Crippen LogP contribution in [0.2, 0.25) is 0 Å². The van der Waals surface area contributed by atoms with Crippen LogP contribution in [0, 0.1) is 0 Å². The number of halogens is 4. The molecular formula is C33H35F4NO4. The Balaban J connectivity index is 1.60. The van der Waals surface area contributed by atoms with Crippen LogP contribution in [0.25, 0.3) is 6.08 Å². The highest BCUT2D eigenvalue weighted by Gasteiger charge is 2.44. The lowest BCUT2D eigenvalue weighted by atomic mass is 9.94. The number of carbonyl (C=O) groups is 1. The third-order valence-corrected chi connectivity index (χ3v) is 7.09. The van der Waals surface area contributed by atoms with Gasteiger partial charge in [0.05, 0.1) is 18.8 Å². The standard InChI is InChI=1S/C33H35F4NO4/c1-2-3-19-41-25-17-15-24(16-18-25)30(39)29(21-22-9-7-12-26(20-22)42-33(36,37)32(34)35)38-31(40)28-14-8-11-23-10-5-4-6-13-27(23)28/h6-9,11-18,20,29-30,32,39H,2-5,10,19,21H2,1H3,(H,38,40). The second-order valence-corrected chi connectivity index (χ2v) is 10.3. The first-order valence-electron chi connectivity index (χ1n) is 14.1. The number of aryl methyl sites for hydroxylation is 1. The van der Waals surface area contributed by atoms with E-state index in [9.17, 15) is 27.5 Å². The van der Waals surface area contributed by atoms with Crippen LogP contribution in [0.5, 0.6) is 11.5 Å². The molecule has 2 N–H and O–H groups in total. The van der Waals surface area contributed by atoms with E-state index in [4.69, 9.17) is 4.74 Å². The molecule has 0 bridgehead atoms.